The molecule has 0 saturated carbocycles. The van der Waals surface area contributed by atoms with Crippen molar-refractivity contribution in [1.82, 2.24) is 0 Å². The number of alkyl halides is 2. The van der Waals surface area contributed by atoms with Crippen LogP contribution in [0.15, 0.2) is 0 Å². The van der Waals surface area contributed by atoms with Gasteiger partial charge in [-0.3, -0.25) is 9.59 Å². The molecule has 0 amide bonds. The second-order valence-electron chi connectivity index (χ2n) is 3.98. The van der Waals surface area contributed by atoms with Crippen molar-refractivity contribution in [3.8, 4) is 0 Å². The molecule has 0 aliphatic rings. The lowest BCUT2D eigenvalue weighted by molar-refractivity contribution is -0.143. The number of carbonyl (C=O) groups is 2. The minimum Gasteiger partial charge on any atom is -0.465 e. The van der Waals surface area contributed by atoms with Gasteiger partial charge in [-0.15, -0.1) is 0 Å². The van der Waals surface area contributed by atoms with Crippen molar-refractivity contribution < 1.29 is 19.1 Å². The smallest absolute Gasteiger partial charge is 0.319 e. The second kappa shape index (κ2) is 10.8. The van der Waals surface area contributed by atoms with E-state index in [2.05, 4.69) is 31.9 Å². The average molecular weight is 388 g/mol. The summed E-state index contributed by atoms with van der Waals surface area (Å²) in [6.45, 7) is 4.38. The molecular weight excluding hydrogens is 368 g/mol. The van der Waals surface area contributed by atoms with Crippen LogP contribution in [0.2, 0.25) is 0 Å². The van der Waals surface area contributed by atoms with Crippen molar-refractivity contribution in [1.29, 1.82) is 0 Å². The molecule has 0 fully saturated rings. The first kappa shape index (κ1) is 17.9. The molecule has 18 heavy (non-hydrogen) atoms. The van der Waals surface area contributed by atoms with Gasteiger partial charge in [0.2, 0.25) is 0 Å². The van der Waals surface area contributed by atoms with Crippen LogP contribution in [0.25, 0.3) is 0 Å². The Kier molecular flexibility index (Phi) is 10.7. The summed E-state index contributed by atoms with van der Waals surface area (Å²) in [5, 5.41) is 0. The third-order valence-electron chi connectivity index (χ3n) is 2.18. The summed E-state index contributed by atoms with van der Waals surface area (Å²) in [5.41, 5.74) is 0. The molecule has 0 aliphatic carbocycles. The number of hydrogen-bond donors (Lipinski definition) is 0. The third kappa shape index (κ3) is 9.88. The monoisotopic (exact) mass is 386 g/mol. The normalized spacial score (nSPS) is 13.8. The van der Waals surface area contributed by atoms with Gasteiger partial charge in [-0.25, -0.2) is 0 Å². The minimum absolute atomic E-state index is 0.227. The molecule has 4 nitrogen and oxygen atoms in total. The number of carbonyl (C=O) groups excluding carboxylic acids is 2. The van der Waals surface area contributed by atoms with Crippen molar-refractivity contribution in [2.24, 2.45) is 0 Å². The highest BCUT2D eigenvalue weighted by Crippen LogP contribution is 2.05. The Labute approximate surface area is 125 Å². The van der Waals surface area contributed by atoms with Crippen molar-refractivity contribution in [3.05, 3.63) is 0 Å². The molecule has 0 aliphatic heterocycles. The Balaban J connectivity index is 3.27. The van der Waals surface area contributed by atoms with E-state index in [1.165, 1.54) is 0 Å². The Morgan fingerprint density at radius 2 is 1.17 bits per heavy atom. The predicted octanol–water partition coefficient (Wildman–Crippen LogP) is 3.20. The van der Waals surface area contributed by atoms with Gasteiger partial charge < -0.3 is 9.47 Å². The molecule has 2 atom stereocenters. The maximum absolute atomic E-state index is 11.1. The van der Waals surface area contributed by atoms with Crippen LogP contribution >= 0.6 is 31.9 Å². The first-order valence-corrected chi connectivity index (χ1v) is 7.89. The fourth-order valence-electron chi connectivity index (χ4n) is 1.13. The zero-order valence-corrected chi connectivity index (χ0v) is 14.0. The van der Waals surface area contributed by atoms with Crippen LogP contribution in [-0.4, -0.2) is 34.8 Å². The average Bonchev–Trinajstić information content (AvgIpc) is 2.31. The molecule has 0 heterocycles. The van der Waals surface area contributed by atoms with E-state index >= 15 is 0 Å². The summed E-state index contributed by atoms with van der Waals surface area (Å²) < 4.78 is 10.0. The molecule has 0 aromatic carbocycles. The molecule has 2 unspecified atom stereocenters. The topological polar surface area (TPSA) is 52.6 Å². The molecule has 0 radical (unpaired) electrons. The SMILES string of the molecule is CC(Br)C(=O)OCCCCCCOC(=O)C(C)Br. The van der Waals surface area contributed by atoms with E-state index in [0.717, 1.165) is 25.7 Å². The van der Waals surface area contributed by atoms with Crippen LogP contribution in [-0.2, 0) is 19.1 Å². The number of esters is 2. The maximum Gasteiger partial charge on any atom is 0.319 e. The minimum atomic E-state index is -0.247. The van der Waals surface area contributed by atoms with E-state index < -0.39 is 0 Å². The Hall–Kier alpha value is -0.100. The molecule has 0 rings (SSSR count). The van der Waals surface area contributed by atoms with Crippen LogP contribution in [0.4, 0.5) is 0 Å². The number of hydrogen-bond acceptors (Lipinski definition) is 4. The number of rotatable bonds is 9. The summed E-state index contributed by atoms with van der Waals surface area (Å²) in [6, 6.07) is 0. The quantitative estimate of drug-likeness (QED) is 0.346. The van der Waals surface area contributed by atoms with Crippen LogP contribution in [0.1, 0.15) is 39.5 Å². The number of halogens is 2. The first-order valence-electron chi connectivity index (χ1n) is 6.06. The van der Waals surface area contributed by atoms with Gasteiger partial charge in [0.05, 0.1) is 13.2 Å². The fourth-order valence-corrected chi connectivity index (χ4v) is 1.40. The zero-order valence-electron chi connectivity index (χ0n) is 10.8. The van der Waals surface area contributed by atoms with Gasteiger partial charge in [-0.1, -0.05) is 31.9 Å². The zero-order chi connectivity index (χ0) is 14.0. The van der Waals surface area contributed by atoms with Gasteiger partial charge in [-0.2, -0.15) is 0 Å². The van der Waals surface area contributed by atoms with Crippen LogP contribution in [0.3, 0.4) is 0 Å². The summed E-state index contributed by atoms with van der Waals surface area (Å²) >= 11 is 6.28. The number of unbranched alkanes of at least 4 members (excludes halogenated alkanes) is 3. The van der Waals surface area contributed by atoms with Crippen molar-refractivity contribution in [3.63, 3.8) is 0 Å². The molecular formula is C12H20Br2O4. The van der Waals surface area contributed by atoms with Gasteiger partial charge in [0.15, 0.2) is 0 Å². The molecule has 6 heteroatoms. The lowest BCUT2D eigenvalue weighted by Crippen LogP contribution is -2.15. The number of ether oxygens (including phenoxy) is 2. The Morgan fingerprint density at radius 1 is 0.833 bits per heavy atom. The van der Waals surface area contributed by atoms with Gasteiger partial charge in [-0.05, 0) is 39.5 Å². The van der Waals surface area contributed by atoms with Gasteiger partial charge in [0.25, 0.3) is 0 Å². The molecule has 0 aromatic rings. The third-order valence-corrected chi connectivity index (χ3v) is 2.92. The molecule has 0 bridgehead atoms. The highest BCUT2D eigenvalue weighted by Gasteiger charge is 2.10. The maximum atomic E-state index is 11.1. The van der Waals surface area contributed by atoms with E-state index in [1.807, 2.05) is 0 Å². The molecule has 106 valence electrons. The van der Waals surface area contributed by atoms with Gasteiger partial charge >= 0.3 is 11.9 Å². The van der Waals surface area contributed by atoms with Crippen molar-refractivity contribution in [2.75, 3.05) is 13.2 Å². The second-order valence-corrected chi connectivity index (χ2v) is 6.73. The lowest BCUT2D eigenvalue weighted by atomic mass is 10.2. The van der Waals surface area contributed by atoms with E-state index in [4.69, 9.17) is 9.47 Å². The van der Waals surface area contributed by atoms with E-state index in [0.29, 0.717) is 13.2 Å². The summed E-state index contributed by atoms with van der Waals surface area (Å²) in [6.07, 6.45) is 3.61. The van der Waals surface area contributed by atoms with Crippen LogP contribution < -0.4 is 0 Å². The van der Waals surface area contributed by atoms with Gasteiger partial charge in [0, 0.05) is 0 Å². The highest BCUT2D eigenvalue weighted by molar-refractivity contribution is 9.10. The van der Waals surface area contributed by atoms with Crippen LogP contribution in [0, 0.1) is 0 Å². The van der Waals surface area contributed by atoms with E-state index in [-0.39, 0.29) is 21.6 Å². The summed E-state index contributed by atoms with van der Waals surface area (Å²) in [5.74, 6) is -0.453. The standard InChI is InChI=1S/C12H20Br2O4/c1-9(13)11(15)17-7-5-3-4-6-8-18-12(16)10(2)14/h9-10H,3-8H2,1-2H3. The first-order chi connectivity index (χ1) is 8.45. The Bertz CT molecular complexity index is 228. The van der Waals surface area contributed by atoms with Crippen molar-refractivity contribution >= 4 is 43.8 Å². The summed E-state index contributed by atoms with van der Waals surface area (Å²) in [7, 11) is 0. The van der Waals surface area contributed by atoms with E-state index in [9.17, 15) is 9.59 Å². The molecule has 0 aromatic heterocycles. The molecule has 0 N–H and O–H groups in total. The molecule has 0 spiro atoms. The summed E-state index contributed by atoms with van der Waals surface area (Å²) in [4.78, 5) is 21.7. The largest absolute Gasteiger partial charge is 0.465 e. The van der Waals surface area contributed by atoms with Crippen molar-refractivity contribution in [2.45, 2.75) is 49.2 Å². The Morgan fingerprint density at radius 3 is 1.44 bits per heavy atom. The predicted molar refractivity (Wildman–Crippen MR) is 77.2 cm³/mol. The lowest BCUT2D eigenvalue weighted by Gasteiger charge is -2.07. The van der Waals surface area contributed by atoms with E-state index in [1.54, 1.807) is 13.8 Å². The fraction of sp³-hybridized carbons (Fsp3) is 0.833. The van der Waals surface area contributed by atoms with Gasteiger partial charge in [0.1, 0.15) is 9.65 Å². The highest BCUT2D eigenvalue weighted by atomic mass is 79.9. The molecule has 0 saturated heterocycles. The van der Waals surface area contributed by atoms with Crippen LogP contribution in [0.5, 0.6) is 0 Å².